The monoisotopic (exact) mass is 660 g/mol. The molecule has 0 bridgehead atoms. The molecule has 7 aromatic rings. The summed E-state index contributed by atoms with van der Waals surface area (Å²) in [7, 11) is 0. The van der Waals surface area contributed by atoms with Crippen LogP contribution in [0.5, 0.6) is 0 Å². The third-order valence-electron chi connectivity index (χ3n) is 12.7. The van der Waals surface area contributed by atoms with Crippen LogP contribution in [0.25, 0.3) is 39.0 Å². The normalized spacial score (nSPS) is 16.5. The van der Waals surface area contributed by atoms with Gasteiger partial charge in [-0.05, 0) is 114 Å². The van der Waals surface area contributed by atoms with Gasteiger partial charge in [0.05, 0.1) is 10.8 Å². The fourth-order valence-electron chi connectivity index (χ4n) is 10.9. The average molecular weight is 661 g/mol. The van der Waals surface area contributed by atoms with Crippen LogP contribution in [0.4, 0.5) is 0 Å². The molecule has 5 aliphatic carbocycles. The average Bonchev–Trinajstić information content (AvgIpc) is 3.89. The maximum atomic E-state index is 15.0. The number of carbonyl (C=O) groups is 1. The van der Waals surface area contributed by atoms with Crippen LogP contribution in [0.15, 0.2) is 175 Å². The molecule has 0 aliphatic heterocycles. The first-order chi connectivity index (χ1) is 25.7. The van der Waals surface area contributed by atoms with Crippen LogP contribution in [0, 0.1) is 0 Å². The van der Waals surface area contributed by atoms with Crippen molar-refractivity contribution in [2.45, 2.75) is 23.7 Å². The molecule has 0 saturated heterocycles. The molecule has 0 aromatic heterocycles. The van der Waals surface area contributed by atoms with Crippen LogP contribution in [-0.4, -0.2) is 5.78 Å². The lowest BCUT2D eigenvalue weighted by Crippen LogP contribution is -2.27. The molecular weight excluding hydrogens is 629 g/mol. The van der Waals surface area contributed by atoms with Crippen molar-refractivity contribution in [3.05, 3.63) is 231 Å². The Morgan fingerprint density at radius 3 is 1.21 bits per heavy atom. The lowest BCUT2D eigenvalue weighted by molar-refractivity contribution is 0.103. The third-order valence-corrected chi connectivity index (χ3v) is 12.7. The second kappa shape index (κ2) is 9.93. The van der Waals surface area contributed by atoms with E-state index in [4.69, 9.17) is 0 Å². The topological polar surface area (TPSA) is 17.1 Å². The Bertz CT molecular complexity index is 2720. The Kier molecular flexibility index (Phi) is 5.42. The van der Waals surface area contributed by atoms with E-state index in [0.29, 0.717) is 0 Å². The minimum absolute atomic E-state index is 0.0591. The highest BCUT2D eigenvalue weighted by Gasteiger charge is 2.54. The summed E-state index contributed by atoms with van der Waals surface area (Å²) in [5.74, 6) is 0.0591. The second-order valence-corrected chi connectivity index (χ2v) is 14.9. The number of hydrogen-bond donors (Lipinski definition) is 0. The summed E-state index contributed by atoms with van der Waals surface area (Å²) in [4.78, 5) is 15.0. The van der Waals surface area contributed by atoms with Crippen LogP contribution >= 0.6 is 0 Å². The van der Waals surface area contributed by atoms with Crippen molar-refractivity contribution in [3.63, 3.8) is 0 Å². The predicted octanol–water partition coefficient (Wildman–Crippen LogP) is 11.7. The van der Waals surface area contributed by atoms with Crippen molar-refractivity contribution in [2.75, 3.05) is 0 Å². The molecule has 242 valence electrons. The molecule has 1 nitrogen and oxygen atoms in total. The van der Waals surface area contributed by atoms with Gasteiger partial charge in [-0.15, -0.1) is 0 Å². The van der Waals surface area contributed by atoms with E-state index >= 15 is 0 Å². The molecule has 52 heavy (non-hydrogen) atoms. The highest BCUT2D eigenvalue weighted by atomic mass is 16.1. The number of rotatable bonds is 2. The van der Waals surface area contributed by atoms with E-state index in [0.717, 1.165) is 24.0 Å². The van der Waals surface area contributed by atoms with Crippen molar-refractivity contribution < 1.29 is 4.79 Å². The van der Waals surface area contributed by atoms with E-state index < -0.39 is 10.8 Å². The molecular formula is C51H32O. The van der Waals surface area contributed by atoms with E-state index in [1.807, 2.05) is 0 Å². The minimum Gasteiger partial charge on any atom is -0.289 e. The van der Waals surface area contributed by atoms with Gasteiger partial charge in [0, 0.05) is 11.1 Å². The standard InChI is InChI=1S/C51H32O/c52-49(31-25-27-39-37-17-5-11-23-45(37)50(47(39)29-31)41-19-7-1-13-33(41)34-14-2-8-20-42(34)50)32-26-28-40-38-18-6-12-24-46(38)51(48(40)30-32)43-21-9-3-15-35(43)36-16-4-10-22-44(36)51/h1-5,7-11,13-30H,6,12H2. The molecule has 0 N–H and O–H groups in total. The lowest BCUT2D eigenvalue weighted by Gasteiger charge is -2.32. The molecule has 0 radical (unpaired) electrons. The third kappa shape index (κ3) is 3.20. The van der Waals surface area contributed by atoms with E-state index in [1.165, 1.54) is 89.0 Å². The predicted molar refractivity (Wildman–Crippen MR) is 210 cm³/mol. The molecule has 0 saturated carbocycles. The zero-order chi connectivity index (χ0) is 34.2. The number of allylic oxidation sites excluding steroid dienone is 4. The molecule has 5 aliphatic rings. The number of carbonyl (C=O) groups excluding carboxylic acids is 1. The van der Waals surface area contributed by atoms with Gasteiger partial charge < -0.3 is 0 Å². The zero-order valence-electron chi connectivity index (χ0n) is 28.5. The zero-order valence-corrected chi connectivity index (χ0v) is 28.5. The lowest BCUT2D eigenvalue weighted by atomic mass is 9.69. The van der Waals surface area contributed by atoms with E-state index in [9.17, 15) is 4.79 Å². The first-order valence-corrected chi connectivity index (χ1v) is 18.5. The van der Waals surface area contributed by atoms with Gasteiger partial charge in [0.25, 0.3) is 0 Å². The second-order valence-electron chi connectivity index (χ2n) is 14.9. The Balaban J connectivity index is 1.07. The molecule has 0 heterocycles. The highest BCUT2D eigenvalue weighted by Crippen LogP contribution is 2.65. The van der Waals surface area contributed by atoms with Gasteiger partial charge in [0.15, 0.2) is 5.78 Å². The highest BCUT2D eigenvalue weighted by molar-refractivity contribution is 6.11. The quantitative estimate of drug-likeness (QED) is 0.169. The maximum absolute atomic E-state index is 15.0. The molecule has 0 amide bonds. The summed E-state index contributed by atoms with van der Waals surface area (Å²) < 4.78 is 0. The van der Waals surface area contributed by atoms with Gasteiger partial charge in [-0.1, -0.05) is 158 Å². The smallest absolute Gasteiger partial charge is 0.193 e. The summed E-state index contributed by atoms with van der Waals surface area (Å²) in [5.41, 5.74) is 20.9. The first-order valence-electron chi connectivity index (χ1n) is 18.5. The molecule has 0 atom stereocenters. The van der Waals surface area contributed by atoms with Crippen LogP contribution in [0.3, 0.4) is 0 Å². The van der Waals surface area contributed by atoms with Crippen LogP contribution in [0.2, 0.25) is 0 Å². The fraction of sp³-hybridized carbons (Fsp3) is 0.0784. The molecule has 0 unspecified atom stereocenters. The van der Waals surface area contributed by atoms with Crippen molar-refractivity contribution in [1.82, 2.24) is 0 Å². The summed E-state index contributed by atoms with van der Waals surface area (Å²) in [6, 6.07) is 57.3. The van der Waals surface area contributed by atoms with Crippen LogP contribution < -0.4 is 0 Å². The van der Waals surface area contributed by atoms with Gasteiger partial charge in [0.1, 0.15) is 0 Å². The van der Waals surface area contributed by atoms with E-state index in [-0.39, 0.29) is 5.78 Å². The minimum atomic E-state index is -0.483. The molecule has 1 heteroatoms. The first kappa shape index (κ1) is 28.4. The molecule has 7 aromatic carbocycles. The number of fused-ring (bicyclic) bond motifs is 20. The summed E-state index contributed by atoms with van der Waals surface area (Å²) in [5, 5.41) is 0. The van der Waals surface area contributed by atoms with Gasteiger partial charge >= 0.3 is 0 Å². The van der Waals surface area contributed by atoms with Crippen molar-refractivity contribution in [1.29, 1.82) is 0 Å². The number of ketones is 1. The summed E-state index contributed by atoms with van der Waals surface area (Å²) >= 11 is 0. The SMILES string of the molecule is O=C(c1ccc2c(c1)C1(C3=CCCC=C32)c2ccccc2-c2ccccc21)c1ccc2c(c1)C1(c3ccccc3-c3ccccc31)c1ccccc1-2. The summed E-state index contributed by atoms with van der Waals surface area (Å²) in [6.07, 6.45) is 6.94. The van der Waals surface area contributed by atoms with E-state index in [1.54, 1.807) is 0 Å². The van der Waals surface area contributed by atoms with Gasteiger partial charge in [0.2, 0.25) is 0 Å². The van der Waals surface area contributed by atoms with Gasteiger partial charge in [-0.2, -0.15) is 0 Å². The number of benzene rings is 7. The Labute approximate surface area is 303 Å². The molecule has 0 fully saturated rings. The van der Waals surface area contributed by atoms with Gasteiger partial charge in [-0.25, -0.2) is 0 Å². The number of hydrogen-bond acceptors (Lipinski definition) is 1. The van der Waals surface area contributed by atoms with Crippen molar-refractivity contribution in [2.24, 2.45) is 0 Å². The van der Waals surface area contributed by atoms with Crippen molar-refractivity contribution >= 4 is 11.4 Å². The summed E-state index contributed by atoms with van der Waals surface area (Å²) in [6.45, 7) is 0. The van der Waals surface area contributed by atoms with E-state index in [2.05, 4.69) is 170 Å². The largest absolute Gasteiger partial charge is 0.289 e. The Morgan fingerprint density at radius 2 is 0.731 bits per heavy atom. The maximum Gasteiger partial charge on any atom is 0.193 e. The van der Waals surface area contributed by atoms with Crippen LogP contribution in [-0.2, 0) is 10.8 Å². The molecule has 12 rings (SSSR count). The van der Waals surface area contributed by atoms with Crippen molar-refractivity contribution in [3.8, 4) is 33.4 Å². The molecule has 2 spiro atoms. The van der Waals surface area contributed by atoms with Gasteiger partial charge in [-0.3, -0.25) is 4.79 Å². The van der Waals surface area contributed by atoms with Crippen LogP contribution in [0.1, 0.15) is 73.3 Å². The Hall–Kier alpha value is -6.31. The fourth-order valence-corrected chi connectivity index (χ4v) is 10.9. The Morgan fingerprint density at radius 1 is 0.365 bits per heavy atom.